The fraction of sp³-hybridized carbons (Fsp3) is 0.933. The molecular formula is C15H28O2Si. The van der Waals surface area contributed by atoms with Gasteiger partial charge in [0.25, 0.3) is 0 Å². The van der Waals surface area contributed by atoms with Crippen molar-refractivity contribution < 1.29 is 9.90 Å². The van der Waals surface area contributed by atoms with Gasteiger partial charge in [0.1, 0.15) is 0 Å². The van der Waals surface area contributed by atoms with Crippen LogP contribution in [0.15, 0.2) is 0 Å². The summed E-state index contributed by atoms with van der Waals surface area (Å²) in [6.07, 6.45) is 8.58. The van der Waals surface area contributed by atoms with E-state index in [0.29, 0.717) is 0 Å². The molecule has 2 aliphatic rings. The fourth-order valence-corrected chi connectivity index (χ4v) is 7.68. The van der Waals surface area contributed by atoms with Crippen molar-refractivity contribution in [2.45, 2.75) is 70.0 Å². The maximum absolute atomic E-state index is 11.0. The highest BCUT2D eigenvalue weighted by molar-refractivity contribution is 6.58. The Morgan fingerprint density at radius 1 is 1.06 bits per heavy atom. The molecule has 3 heteroatoms. The van der Waals surface area contributed by atoms with Gasteiger partial charge in [0.15, 0.2) is 0 Å². The third-order valence-corrected chi connectivity index (χ3v) is 9.07. The quantitative estimate of drug-likeness (QED) is 0.785. The number of hydrogen-bond donors (Lipinski definition) is 1. The average molecular weight is 268 g/mol. The van der Waals surface area contributed by atoms with E-state index in [4.69, 9.17) is 5.11 Å². The standard InChI is InChI=1S/C15H28O2Si/c1-2-9-18-10-7-13(8-11-18)12-3-5-14(6-4-12)15(16)17/h12-14,18H,2-11H2,1H3,(H,16,17). The molecule has 0 spiro atoms. The van der Waals surface area contributed by atoms with E-state index in [1.54, 1.807) is 18.1 Å². The van der Waals surface area contributed by atoms with Crippen molar-refractivity contribution in [2.24, 2.45) is 17.8 Å². The second-order valence-corrected chi connectivity index (χ2v) is 9.98. The van der Waals surface area contributed by atoms with Gasteiger partial charge < -0.3 is 5.11 Å². The Morgan fingerprint density at radius 3 is 2.11 bits per heavy atom. The van der Waals surface area contributed by atoms with E-state index in [2.05, 4.69) is 6.92 Å². The molecule has 1 heterocycles. The van der Waals surface area contributed by atoms with Crippen LogP contribution >= 0.6 is 0 Å². The number of aliphatic carboxylic acids is 1. The van der Waals surface area contributed by atoms with Gasteiger partial charge in [-0.1, -0.05) is 44.3 Å². The van der Waals surface area contributed by atoms with Gasteiger partial charge in [-0.3, -0.25) is 4.79 Å². The van der Waals surface area contributed by atoms with Gasteiger partial charge >= 0.3 is 5.97 Å². The summed E-state index contributed by atoms with van der Waals surface area (Å²) < 4.78 is 0. The Kier molecular flexibility index (Phi) is 5.28. The van der Waals surface area contributed by atoms with E-state index in [1.165, 1.54) is 32.1 Å². The van der Waals surface area contributed by atoms with Gasteiger partial charge in [0, 0.05) is 8.80 Å². The predicted molar refractivity (Wildman–Crippen MR) is 77.7 cm³/mol. The molecular weight excluding hydrogens is 240 g/mol. The summed E-state index contributed by atoms with van der Waals surface area (Å²) in [5, 5.41) is 9.03. The summed E-state index contributed by atoms with van der Waals surface area (Å²) in [6.45, 7) is 2.33. The lowest BCUT2D eigenvalue weighted by atomic mass is 9.74. The zero-order valence-electron chi connectivity index (χ0n) is 11.7. The van der Waals surface area contributed by atoms with Gasteiger partial charge in [-0.25, -0.2) is 0 Å². The van der Waals surface area contributed by atoms with Crippen molar-refractivity contribution in [3.8, 4) is 0 Å². The van der Waals surface area contributed by atoms with Gasteiger partial charge in [-0.05, 0) is 37.5 Å². The van der Waals surface area contributed by atoms with Crippen LogP contribution in [0.5, 0.6) is 0 Å². The topological polar surface area (TPSA) is 37.3 Å². The van der Waals surface area contributed by atoms with E-state index in [9.17, 15) is 4.79 Å². The second kappa shape index (κ2) is 6.74. The van der Waals surface area contributed by atoms with Gasteiger partial charge in [-0.15, -0.1) is 0 Å². The van der Waals surface area contributed by atoms with Crippen molar-refractivity contribution in [2.75, 3.05) is 0 Å². The number of carboxylic acid groups (broad SMARTS) is 1. The lowest BCUT2D eigenvalue weighted by Crippen LogP contribution is -2.30. The minimum absolute atomic E-state index is 0.0351. The molecule has 18 heavy (non-hydrogen) atoms. The largest absolute Gasteiger partial charge is 0.481 e. The average Bonchev–Trinajstić information content (AvgIpc) is 2.40. The third kappa shape index (κ3) is 3.59. The third-order valence-electron chi connectivity index (χ3n) is 5.38. The van der Waals surface area contributed by atoms with Gasteiger partial charge in [0.05, 0.1) is 5.92 Å². The summed E-state index contributed by atoms with van der Waals surface area (Å²) in [4.78, 5) is 11.0. The van der Waals surface area contributed by atoms with Gasteiger partial charge in [-0.2, -0.15) is 0 Å². The van der Waals surface area contributed by atoms with Crippen LogP contribution in [0.2, 0.25) is 18.1 Å². The zero-order chi connectivity index (χ0) is 13.0. The summed E-state index contributed by atoms with van der Waals surface area (Å²) in [5.74, 6) is 1.21. The lowest BCUT2D eigenvalue weighted by molar-refractivity contribution is -0.143. The van der Waals surface area contributed by atoms with Crippen LogP contribution in [0.1, 0.15) is 51.9 Å². The predicted octanol–water partition coefficient (Wildman–Crippen LogP) is 3.92. The number of carbonyl (C=O) groups is 1. The highest BCUT2D eigenvalue weighted by Crippen LogP contribution is 2.40. The molecule has 2 nitrogen and oxygen atoms in total. The molecule has 0 radical (unpaired) electrons. The maximum atomic E-state index is 11.0. The Labute approximate surface area is 113 Å². The van der Waals surface area contributed by atoms with Crippen LogP contribution in [-0.4, -0.2) is 19.9 Å². The lowest BCUT2D eigenvalue weighted by Gasteiger charge is -2.36. The first kappa shape index (κ1) is 14.1. The molecule has 0 bridgehead atoms. The molecule has 0 aromatic carbocycles. The Hall–Kier alpha value is -0.313. The minimum atomic E-state index is -0.562. The molecule has 0 unspecified atom stereocenters. The first-order valence-corrected chi connectivity index (χ1v) is 10.4. The van der Waals surface area contributed by atoms with Crippen LogP contribution in [0.25, 0.3) is 0 Å². The van der Waals surface area contributed by atoms with E-state index < -0.39 is 5.97 Å². The molecule has 2 rings (SSSR count). The van der Waals surface area contributed by atoms with E-state index in [-0.39, 0.29) is 14.7 Å². The normalized spacial score (nSPS) is 37.4. The molecule has 1 saturated carbocycles. The molecule has 104 valence electrons. The Balaban J connectivity index is 1.73. The molecule has 1 aliphatic heterocycles. The molecule has 1 aliphatic carbocycles. The van der Waals surface area contributed by atoms with Crippen molar-refractivity contribution >= 4 is 14.8 Å². The van der Waals surface area contributed by atoms with Crippen LogP contribution in [0, 0.1) is 17.8 Å². The van der Waals surface area contributed by atoms with Crippen LogP contribution < -0.4 is 0 Å². The SMILES string of the molecule is CCC[SiH]1CCC(C2CCC(C(=O)O)CC2)CC1. The Bertz CT molecular complexity index is 264. The van der Waals surface area contributed by atoms with E-state index >= 15 is 0 Å². The van der Waals surface area contributed by atoms with Crippen molar-refractivity contribution in [1.82, 2.24) is 0 Å². The zero-order valence-corrected chi connectivity index (χ0v) is 12.9. The van der Waals surface area contributed by atoms with Crippen LogP contribution in [0.4, 0.5) is 0 Å². The monoisotopic (exact) mass is 268 g/mol. The number of carboxylic acids is 1. The van der Waals surface area contributed by atoms with E-state index in [0.717, 1.165) is 24.7 Å². The summed E-state index contributed by atoms with van der Waals surface area (Å²) in [5.41, 5.74) is 0. The van der Waals surface area contributed by atoms with Crippen LogP contribution in [0.3, 0.4) is 0 Å². The molecule has 0 aromatic rings. The van der Waals surface area contributed by atoms with Crippen molar-refractivity contribution in [1.29, 1.82) is 0 Å². The first-order chi connectivity index (χ1) is 8.70. The molecule has 0 amide bonds. The molecule has 1 saturated heterocycles. The first-order valence-electron chi connectivity index (χ1n) is 7.93. The second-order valence-electron chi connectivity index (χ2n) is 6.52. The highest BCUT2D eigenvalue weighted by atomic mass is 28.3. The number of hydrogen-bond acceptors (Lipinski definition) is 1. The maximum Gasteiger partial charge on any atom is 0.306 e. The molecule has 2 fully saturated rings. The summed E-state index contributed by atoms with van der Waals surface area (Å²) in [6, 6.07) is 4.69. The molecule has 1 N–H and O–H groups in total. The van der Waals surface area contributed by atoms with Crippen molar-refractivity contribution in [3.05, 3.63) is 0 Å². The summed E-state index contributed by atoms with van der Waals surface area (Å²) >= 11 is 0. The molecule has 0 aromatic heterocycles. The summed E-state index contributed by atoms with van der Waals surface area (Å²) in [7, 11) is -0.342. The highest BCUT2D eigenvalue weighted by Gasteiger charge is 2.32. The fourth-order valence-electron chi connectivity index (χ4n) is 4.19. The van der Waals surface area contributed by atoms with E-state index in [1.807, 2.05) is 0 Å². The van der Waals surface area contributed by atoms with Crippen LogP contribution in [-0.2, 0) is 4.79 Å². The molecule has 0 atom stereocenters. The Morgan fingerprint density at radius 2 is 1.61 bits per heavy atom. The minimum Gasteiger partial charge on any atom is -0.481 e. The number of rotatable bonds is 4. The van der Waals surface area contributed by atoms with Crippen molar-refractivity contribution in [3.63, 3.8) is 0 Å². The van der Waals surface area contributed by atoms with Gasteiger partial charge in [0.2, 0.25) is 0 Å². The smallest absolute Gasteiger partial charge is 0.306 e.